The minimum absolute atomic E-state index is 0.0902. The van der Waals surface area contributed by atoms with Crippen LogP contribution in [-0.2, 0) is 0 Å². The summed E-state index contributed by atoms with van der Waals surface area (Å²) in [5, 5.41) is 2.60. The minimum atomic E-state index is -0.0902. The van der Waals surface area contributed by atoms with Crippen molar-refractivity contribution in [3.63, 3.8) is 0 Å². The molecule has 4 rings (SSSR count). The van der Waals surface area contributed by atoms with Crippen molar-refractivity contribution in [2.75, 3.05) is 11.9 Å². The molecule has 0 amide bonds. The molecule has 0 saturated carbocycles. The zero-order chi connectivity index (χ0) is 16.7. The van der Waals surface area contributed by atoms with Crippen LogP contribution in [0.4, 0.5) is 5.69 Å². The molecule has 0 unspecified atom stereocenters. The van der Waals surface area contributed by atoms with Crippen LogP contribution >= 0.6 is 11.6 Å². The first-order valence-corrected chi connectivity index (χ1v) is 7.96. The van der Waals surface area contributed by atoms with Crippen LogP contribution in [0.2, 0.25) is 5.02 Å². The van der Waals surface area contributed by atoms with E-state index in [9.17, 15) is 4.79 Å². The maximum Gasteiger partial charge on any atom is 0.204 e. The van der Waals surface area contributed by atoms with Gasteiger partial charge in [-0.1, -0.05) is 54.1 Å². The molecule has 3 aromatic rings. The summed E-state index contributed by atoms with van der Waals surface area (Å²) in [5.74, 6) is 1.09. The van der Waals surface area contributed by atoms with E-state index in [0.717, 1.165) is 16.5 Å². The molecule has 1 heterocycles. The highest BCUT2D eigenvalue weighted by Crippen LogP contribution is 2.39. The molecular formula is C20H14ClNO2. The lowest BCUT2D eigenvalue weighted by molar-refractivity contribution is 0.104. The first kappa shape index (κ1) is 14.8. The van der Waals surface area contributed by atoms with Gasteiger partial charge in [-0.3, -0.25) is 4.79 Å². The average Bonchev–Trinajstić information content (AvgIpc) is 2.90. The molecule has 118 valence electrons. The van der Waals surface area contributed by atoms with E-state index in [4.69, 9.17) is 16.3 Å². The molecule has 0 aliphatic carbocycles. The maximum absolute atomic E-state index is 12.8. The fourth-order valence-electron chi connectivity index (χ4n) is 2.90. The summed E-state index contributed by atoms with van der Waals surface area (Å²) in [6.07, 6.45) is 1.52. The Balaban J connectivity index is 1.73. The monoisotopic (exact) mass is 335 g/mol. The van der Waals surface area contributed by atoms with Crippen molar-refractivity contribution in [1.82, 2.24) is 0 Å². The molecule has 0 atom stereocenters. The van der Waals surface area contributed by atoms with Crippen LogP contribution in [0.1, 0.15) is 10.4 Å². The van der Waals surface area contributed by atoms with Crippen molar-refractivity contribution in [3.8, 4) is 5.75 Å². The molecule has 3 nitrogen and oxygen atoms in total. The number of benzene rings is 3. The smallest absolute Gasteiger partial charge is 0.204 e. The van der Waals surface area contributed by atoms with Gasteiger partial charge in [0, 0.05) is 23.7 Å². The van der Waals surface area contributed by atoms with Gasteiger partial charge in [0.1, 0.15) is 0 Å². The van der Waals surface area contributed by atoms with E-state index in [1.54, 1.807) is 12.1 Å². The van der Waals surface area contributed by atoms with E-state index in [2.05, 4.69) is 0 Å². The summed E-state index contributed by atoms with van der Waals surface area (Å²) in [6, 6.07) is 19.0. The Kier molecular flexibility index (Phi) is 3.51. The number of anilines is 1. The number of nitrogens with zero attached hydrogens (tertiary/aromatic N) is 1. The van der Waals surface area contributed by atoms with Gasteiger partial charge in [0.15, 0.2) is 11.5 Å². The third kappa shape index (κ3) is 2.43. The van der Waals surface area contributed by atoms with Gasteiger partial charge in [-0.25, -0.2) is 0 Å². The minimum Gasteiger partial charge on any atom is -0.438 e. The molecular weight excluding hydrogens is 322 g/mol. The number of allylic oxidation sites excluding steroid dienone is 1. The molecule has 1 aliphatic rings. The number of carbonyl (C=O) groups is 1. The van der Waals surface area contributed by atoms with Crippen LogP contribution in [0, 0.1) is 0 Å². The van der Waals surface area contributed by atoms with Crippen molar-refractivity contribution in [2.24, 2.45) is 0 Å². The van der Waals surface area contributed by atoms with E-state index in [1.165, 1.54) is 6.08 Å². The highest BCUT2D eigenvalue weighted by molar-refractivity contribution is 6.31. The Morgan fingerprint density at radius 3 is 2.75 bits per heavy atom. The maximum atomic E-state index is 12.8. The summed E-state index contributed by atoms with van der Waals surface area (Å²) in [4.78, 5) is 14.6. The van der Waals surface area contributed by atoms with Crippen LogP contribution < -0.4 is 9.64 Å². The van der Waals surface area contributed by atoms with Gasteiger partial charge in [0.25, 0.3) is 0 Å². The van der Waals surface area contributed by atoms with Gasteiger partial charge < -0.3 is 9.64 Å². The van der Waals surface area contributed by atoms with E-state index < -0.39 is 0 Å². The van der Waals surface area contributed by atoms with Crippen molar-refractivity contribution < 1.29 is 9.53 Å². The summed E-state index contributed by atoms with van der Waals surface area (Å²) < 4.78 is 5.79. The zero-order valence-corrected chi connectivity index (χ0v) is 13.7. The molecule has 0 saturated heterocycles. The first-order chi connectivity index (χ1) is 11.6. The Labute approximate surface area is 144 Å². The molecule has 24 heavy (non-hydrogen) atoms. The lowest BCUT2D eigenvalue weighted by atomic mass is 10.0. The van der Waals surface area contributed by atoms with Crippen molar-refractivity contribution in [2.45, 2.75) is 0 Å². The van der Waals surface area contributed by atoms with Gasteiger partial charge in [-0.15, -0.1) is 0 Å². The molecule has 1 aliphatic heterocycles. The van der Waals surface area contributed by atoms with E-state index in [0.29, 0.717) is 22.2 Å². The fourth-order valence-corrected chi connectivity index (χ4v) is 3.06. The van der Waals surface area contributed by atoms with Gasteiger partial charge in [0.2, 0.25) is 5.88 Å². The number of ketones is 1. The molecule has 0 fully saturated rings. The molecule has 0 aromatic heterocycles. The molecule has 3 aromatic carbocycles. The normalized spacial score (nSPS) is 14.8. The quantitative estimate of drug-likeness (QED) is 0.485. The predicted molar refractivity (Wildman–Crippen MR) is 96.8 cm³/mol. The average molecular weight is 336 g/mol. The number of carbonyl (C=O) groups excluding carboxylic acids is 1. The van der Waals surface area contributed by atoms with Gasteiger partial charge in [-0.05, 0) is 29.0 Å². The second-order valence-corrected chi connectivity index (χ2v) is 6.08. The summed E-state index contributed by atoms with van der Waals surface area (Å²) >= 11 is 6.03. The largest absolute Gasteiger partial charge is 0.438 e. The van der Waals surface area contributed by atoms with E-state index in [1.807, 2.05) is 60.5 Å². The lowest BCUT2D eigenvalue weighted by Gasteiger charge is -2.11. The van der Waals surface area contributed by atoms with Gasteiger partial charge in [-0.2, -0.15) is 0 Å². The second-order valence-electron chi connectivity index (χ2n) is 5.65. The standard InChI is InChI=1S/C20H14ClNO2/c1-22-17-11-14(21)9-10-19(17)24-20(22)12-18(23)16-8-4-6-13-5-2-3-7-15(13)16/h2-12H,1H3. The number of ether oxygens (including phenoxy) is 1. The Bertz CT molecular complexity index is 989. The summed E-state index contributed by atoms with van der Waals surface area (Å²) in [5.41, 5.74) is 1.51. The van der Waals surface area contributed by atoms with Crippen LogP contribution in [0.15, 0.2) is 72.6 Å². The van der Waals surface area contributed by atoms with Gasteiger partial charge >= 0.3 is 0 Å². The third-order valence-electron chi connectivity index (χ3n) is 4.14. The van der Waals surface area contributed by atoms with Crippen molar-refractivity contribution in [1.29, 1.82) is 0 Å². The molecule has 0 N–H and O–H groups in total. The van der Waals surface area contributed by atoms with Crippen LogP contribution in [0.5, 0.6) is 5.75 Å². The Morgan fingerprint density at radius 2 is 1.88 bits per heavy atom. The van der Waals surface area contributed by atoms with Crippen LogP contribution in [0.3, 0.4) is 0 Å². The van der Waals surface area contributed by atoms with Crippen molar-refractivity contribution >= 4 is 33.8 Å². The Hall–Kier alpha value is -2.78. The molecule has 4 heteroatoms. The highest BCUT2D eigenvalue weighted by Gasteiger charge is 2.24. The fraction of sp³-hybridized carbons (Fsp3) is 0.0500. The first-order valence-electron chi connectivity index (χ1n) is 7.58. The number of halogens is 1. The number of rotatable bonds is 2. The van der Waals surface area contributed by atoms with Gasteiger partial charge in [0.05, 0.1) is 5.69 Å². The predicted octanol–water partition coefficient (Wildman–Crippen LogP) is 5.05. The SMILES string of the molecule is CN1C(=CC(=O)c2cccc3ccccc23)Oc2ccc(Cl)cc21. The van der Waals surface area contributed by atoms with Crippen LogP contribution in [0.25, 0.3) is 10.8 Å². The van der Waals surface area contributed by atoms with Crippen molar-refractivity contribution in [3.05, 3.63) is 83.2 Å². The molecule has 0 radical (unpaired) electrons. The number of hydrogen-bond donors (Lipinski definition) is 0. The Morgan fingerprint density at radius 1 is 1.08 bits per heavy atom. The second kappa shape index (κ2) is 5.69. The lowest BCUT2D eigenvalue weighted by Crippen LogP contribution is -2.15. The third-order valence-corrected chi connectivity index (χ3v) is 4.37. The zero-order valence-electron chi connectivity index (χ0n) is 13.0. The molecule has 0 bridgehead atoms. The topological polar surface area (TPSA) is 29.5 Å². The summed E-state index contributed by atoms with van der Waals surface area (Å²) in [6.45, 7) is 0. The summed E-state index contributed by atoms with van der Waals surface area (Å²) in [7, 11) is 1.85. The molecule has 0 spiro atoms. The highest BCUT2D eigenvalue weighted by atomic mass is 35.5. The number of hydrogen-bond acceptors (Lipinski definition) is 3. The number of fused-ring (bicyclic) bond motifs is 2. The van der Waals surface area contributed by atoms with E-state index >= 15 is 0 Å². The van der Waals surface area contributed by atoms with E-state index in [-0.39, 0.29) is 5.78 Å². The van der Waals surface area contributed by atoms with Crippen LogP contribution in [-0.4, -0.2) is 12.8 Å².